The van der Waals surface area contributed by atoms with E-state index in [0.717, 1.165) is 19.4 Å². The first-order valence-corrected chi connectivity index (χ1v) is 8.11. The largest absolute Gasteiger partial charge is 0.481 e. The number of urea groups is 1. The number of nitrogens with one attached hydrogen (secondary N) is 1. The molecular formula is C15H25N3O3. The highest BCUT2D eigenvalue weighted by Crippen LogP contribution is 2.28. The van der Waals surface area contributed by atoms with Crippen LogP contribution >= 0.6 is 0 Å². The second-order valence-electron chi connectivity index (χ2n) is 6.72. The van der Waals surface area contributed by atoms with Crippen LogP contribution in [0, 0.1) is 11.8 Å². The van der Waals surface area contributed by atoms with Crippen LogP contribution in [-0.2, 0) is 4.79 Å². The highest BCUT2D eigenvalue weighted by molar-refractivity contribution is 5.74. The van der Waals surface area contributed by atoms with Gasteiger partial charge in [-0.3, -0.25) is 4.79 Å². The summed E-state index contributed by atoms with van der Waals surface area (Å²) in [4.78, 5) is 27.4. The van der Waals surface area contributed by atoms with E-state index in [1.165, 1.54) is 25.9 Å². The number of aliphatic carboxylic acids is 1. The minimum absolute atomic E-state index is 0.0440. The van der Waals surface area contributed by atoms with E-state index in [1.807, 2.05) is 4.90 Å². The van der Waals surface area contributed by atoms with E-state index >= 15 is 0 Å². The maximum Gasteiger partial charge on any atom is 0.317 e. The molecule has 0 spiro atoms. The molecule has 1 unspecified atom stereocenters. The number of rotatable bonds is 3. The number of hydrogen-bond donors (Lipinski definition) is 2. The molecule has 2 N–H and O–H groups in total. The molecule has 0 radical (unpaired) electrons. The Kier molecular flexibility index (Phi) is 4.33. The van der Waals surface area contributed by atoms with Crippen LogP contribution in [0.1, 0.15) is 32.1 Å². The number of carbonyl (C=O) groups excluding carboxylic acids is 1. The highest BCUT2D eigenvalue weighted by atomic mass is 16.4. The number of likely N-dealkylation sites (tertiary alicyclic amines) is 1. The maximum absolute atomic E-state index is 12.4. The van der Waals surface area contributed by atoms with Crippen LogP contribution in [-0.4, -0.2) is 65.7 Å². The average molecular weight is 295 g/mol. The van der Waals surface area contributed by atoms with Crippen LogP contribution in [0.2, 0.25) is 0 Å². The minimum Gasteiger partial charge on any atom is -0.481 e. The predicted octanol–water partition coefficient (Wildman–Crippen LogP) is 0.977. The molecule has 0 aromatic heterocycles. The summed E-state index contributed by atoms with van der Waals surface area (Å²) in [6.45, 7) is 4.72. The van der Waals surface area contributed by atoms with Crippen LogP contribution in [0.25, 0.3) is 0 Å². The van der Waals surface area contributed by atoms with Gasteiger partial charge in [0, 0.05) is 32.1 Å². The van der Waals surface area contributed by atoms with Crippen molar-refractivity contribution >= 4 is 12.0 Å². The monoisotopic (exact) mass is 295 g/mol. The minimum atomic E-state index is -0.731. The van der Waals surface area contributed by atoms with Gasteiger partial charge in [0.05, 0.1) is 0 Å². The van der Waals surface area contributed by atoms with E-state index in [4.69, 9.17) is 5.11 Å². The predicted molar refractivity (Wildman–Crippen MR) is 78.0 cm³/mol. The van der Waals surface area contributed by atoms with E-state index in [0.29, 0.717) is 25.0 Å². The third kappa shape index (κ3) is 3.48. The van der Waals surface area contributed by atoms with Gasteiger partial charge in [0.1, 0.15) is 0 Å². The number of hydrogen-bond acceptors (Lipinski definition) is 3. The van der Waals surface area contributed by atoms with Crippen LogP contribution in [0.15, 0.2) is 0 Å². The third-order valence-corrected chi connectivity index (χ3v) is 5.33. The topological polar surface area (TPSA) is 72.9 Å². The van der Waals surface area contributed by atoms with Gasteiger partial charge in [-0.15, -0.1) is 0 Å². The van der Waals surface area contributed by atoms with Gasteiger partial charge >= 0.3 is 12.0 Å². The number of nitrogens with zero attached hydrogens (tertiary/aromatic N) is 2. The zero-order valence-electron chi connectivity index (χ0n) is 12.5. The Morgan fingerprint density at radius 2 is 1.71 bits per heavy atom. The molecular weight excluding hydrogens is 270 g/mol. The fraction of sp³-hybridized carbons (Fsp3) is 0.867. The summed E-state index contributed by atoms with van der Waals surface area (Å²) in [5, 5.41) is 12.0. The molecule has 0 aromatic carbocycles. The first-order valence-electron chi connectivity index (χ1n) is 8.11. The Bertz CT molecular complexity index is 399. The standard InChI is InChI=1S/C15H25N3O3/c19-14(20)9-11-1-7-18(8-2-11)15(21)16-13-10-17-5-3-12(13)4-6-17/h11-13H,1-10H2,(H,16,21)(H,19,20). The number of fused-ring (bicyclic) bond motifs is 3. The summed E-state index contributed by atoms with van der Waals surface area (Å²) in [6, 6.07) is 0.347. The van der Waals surface area contributed by atoms with Crippen molar-refractivity contribution < 1.29 is 14.7 Å². The molecule has 2 bridgehead atoms. The van der Waals surface area contributed by atoms with Gasteiger partial charge < -0.3 is 20.2 Å². The van der Waals surface area contributed by atoms with Crippen LogP contribution in [0.3, 0.4) is 0 Å². The second-order valence-corrected chi connectivity index (χ2v) is 6.72. The lowest BCUT2D eigenvalue weighted by atomic mass is 9.84. The van der Waals surface area contributed by atoms with Crippen molar-refractivity contribution in [3.05, 3.63) is 0 Å². The number of amides is 2. The van der Waals surface area contributed by atoms with E-state index in [-0.39, 0.29) is 18.4 Å². The summed E-state index contributed by atoms with van der Waals surface area (Å²) in [5.74, 6) is 0.136. The first-order chi connectivity index (χ1) is 10.1. The van der Waals surface area contributed by atoms with Crippen molar-refractivity contribution in [1.29, 1.82) is 0 Å². The van der Waals surface area contributed by atoms with Gasteiger partial charge in [0.2, 0.25) is 0 Å². The summed E-state index contributed by atoms with van der Waals surface area (Å²) < 4.78 is 0. The zero-order valence-corrected chi connectivity index (χ0v) is 12.5. The summed E-state index contributed by atoms with van der Waals surface area (Å²) >= 11 is 0. The molecule has 4 heterocycles. The average Bonchev–Trinajstić information content (AvgIpc) is 2.48. The molecule has 21 heavy (non-hydrogen) atoms. The molecule has 1 atom stereocenters. The molecule has 4 fully saturated rings. The van der Waals surface area contributed by atoms with Crippen LogP contribution in [0.4, 0.5) is 4.79 Å². The van der Waals surface area contributed by atoms with Crippen molar-refractivity contribution in [2.24, 2.45) is 11.8 Å². The maximum atomic E-state index is 12.4. The Morgan fingerprint density at radius 1 is 1.05 bits per heavy atom. The number of carbonyl (C=O) groups is 2. The smallest absolute Gasteiger partial charge is 0.317 e. The van der Waals surface area contributed by atoms with Gasteiger partial charge in [-0.2, -0.15) is 0 Å². The van der Waals surface area contributed by atoms with Crippen LogP contribution < -0.4 is 5.32 Å². The molecule has 2 amide bonds. The van der Waals surface area contributed by atoms with Gasteiger partial charge in [0.15, 0.2) is 0 Å². The molecule has 6 heteroatoms. The molecule has 0 aromatic rings. The number of carboxylic acid groups (broad SMARTS) is 1. The number of carboxylic acids is 1. The fourth-order valence-corrected chi connectivity index (χ4v) is 3.97. The van der Waals surface area contributed by atoms with E-state index < -0.39 is 5.97 Å². The highest BCUT2D eigenvalue weighted by Gasteiger charge is 2.36. The van der Waals surface area contributed by atoms with Crippen LogP contribution in [0.5, 0.6) is 0 Å². The third-order valence-electron chi connectivity index (χ3n) is 5.33. The fourth-order valence-electron chi connectivity index (χ4n) is 3.97. The van der Waals surface area contributed by atoms with Crippen molar-refractivity contribution in [1.82, 2.24) is 15.1 Å². The van der Waals surface area contributed by atoms with Crippen molar-refractivity contribution in [2.45, 2.75) is 38.1 Å². The first kappa shape index (κ1) is 14.6. The normalized spacial score (nSPS) is 33.0. The molecule has 0 aliphatic carbocycles. The Labute approximate surface area is 125 Å². The van der Waals surface area contributed by atoms with Crippen molar-refractivity contribution in [2.75, 3.05) is 32.7 Å². The Balaban J connectivity index is 1.45. The zero-order chi connectivity index (χ0) is 14.8. The molecule has 4 saturated heterocycles. The molecule has 0 saturated carbocycles. The quantitative estimate of drug-likeness (QED) is 0.814. The van der Waals surface area contributed by atoms with E-state index in [2.05, 4.69) is 10.2 Å². The SMILES string of the molecule is O=C(O)CC1CCN(C(=O)NC2CN3CCC2CC3)CC1. The number of piperidine rings is 4. The van der Waals surface area contributed by atoms with E-state index in [1.54, 1.807) is 0 Å². The lowest BCUT2D eigenvalue weighted by molar-refractivity contribution is -0.138. The molecule has 4 aliphatic rings. The molecule has 6 nitrogen and oxygen atoms in total. The van der Waals surface area contributed by atoms with Crippen molar-refractivity contribution in [3.8, 4) is 0 Å². The second kappa shape index (κ2) is 6.22. The van der Waals surface area contributed by atoms with Gasteiger partial charge in [-0.25, -0.2) is 4.79 Å². The Hall–Kier alpha value is -1.30. The molecule has 4 rings (SSSR count). The summed E-state index contributed by atoms with van der Waals surface area (Å²) in [6.07, 6.45) is 4.24. The van der Waals surface area contributed by atoms with Crippen molar-refractivity contribution in [3.63, 3.8) is 0 Å². The van der Waals surface area contributed by atoms with Gasteiger partial charge in [-0.1, -0.05) is 0 Å². The lowest BCUT2D eigenvalue weighted by Gasteiger charge is -2.45. The van der Waals surface area contributed by atoms with Gasteiger partial charge in [-0.05, 0) is 50.6 Å². The van der Waals surface area contributed by atoms with E-state index in [9.17, 15) is 9.59 Å². The van der Waals surface area contributed by atoms with Gasteiger partial charge in [0.25, 0.3) is 0 Å². The molecule has 4 aliphatic heterocycles. The summed E-state index contributed by atoms with van der Waals surface area (Å²) in [7, 11) is 0. The molecule has 118 valence electrons. The lowest BCUT2D eigenvalue weighted by Crippen LogP contribution is -2.59. The Morgan fingerprint density at radius 3 is 2.24 bits per heavy atom. The summed E-state index contributed by atoms with van der Waals surface area (Å²) in [5.41, 5.74) is 0.